The van der Waals surface area contributed by atoms with Gasteiger partial charge in [0.05, 0.1) is 23.0 Å². The topological polar surface area (TPSA) is 55.8 Å². The predicted molar refractivity (Wildman–Crippen MR) is 119 cm³/mol. The molecule has 1 fully saturated rings. The summed E-state index contributed by atoms with van der Waals surface area (Å²) >= 11 is 10.3. The zero-order valence-electron chi connectivity index (χ0n) is 15.5. The highest BCUT2D eigenvalue weighted by molar-refractivity contribution is 9.10. The van der Waals surface area contributed by atoms with E-state index in [0.29, 0.717) is 38.1 Å². The number of carbonyl (C=O) groups is 2. The minimum Gasteiger partial charge on any atom is -0.493 e. The molecule has 1 saturated heterocycles. The van der Waals surface area contributed by atoms with Gasteiger partial charge in [0.25, 0.3) is 11.1 Å². The molecule has 2 aromatic rings. The molecular weight excluding hydrogens is 478 g/mol. The number of amides is 2. The molecule has 8 heteroatoms. The van der Waals surface area contributed by atoms with Crippen LogP contribution in [-0.2, 0) is 11.3 Å². The normalized spacial score (nSPS) is 15.1. The van der Waals surface area contributed by atoms with Crippen LogP contribution in [0.4, 0.5) is 4.79 Å². The van der Waals surface area contributed by atoms with E-state index < -0.39 is 0 Å². The number of methoxy groups -OCH3 is 1. The molecule has 3 rings (SSSR count). The molecule has 0 N–H and O–H groups in total. The zero-order valence-corrected chi connectivity index (χ0v) is 18.6. The monoisotopic (exact) mass is 493 g/mol. The fourth-order valence-corrected chi connectivity index (χ4v) is 4.20. The Labute approximate surface area is 186 Å². The van der Waals surface area contributed by atoms with Crippen molar-refractivity contribution in [2.75, 3.05) is 13.7 Å². The van der Waals surface area contributed by atoms with Gasteiger partial charge in [-0.1, -0.05) is 36.4 Å². The van der Waals surface area contributed by atoms with Gasteiger partial charge in [0, 0.05) is 5.02 Å². The molecule has 0 saturated carbocycles. The molecule has 1 aliphatic rings. The second kappa shape index (κ2) is 9.52. The van der Waals surface area contributed by atoms with Gasteiger partial charge in [0.1, 0.15) is 6.61 Å². The number of hydrogen-bond donors (Lipinski definition) is 0. The molecule has 0 unspecified atom stereocenters. The summed E-state index contributed by atoms with van der Waals surface area (Å²) in [5.41, 5.74) is 1.53. The summed E-state index contributed by atoms with van der Waals surface area (Å²) in [6.45, 7) is 4.16. The number of halogens is 2. The van der Waals surface area contributed by atoms with Crippen molar-refractivity contribution in [3.8, 4) is 11.5 Å². The maximum absolute atomic E-state index is 12.8. The Morgan fingerprint density at radius 2 is 1.97 bits per heavy atom. The fraction of sp³-hybridized carbons (Fsp3) is 0.143. The van der Waals surface area contributed by atoms with Crippen molar-refractivity contribution >= 4 is 56.5 Å². The average molecular weight is 495 g/mol. The lowest BCUT2D eigenvalue weighted by Crippen LogP contribution is -2.27. The molecule has 2 aromatic carbocycles. The summed E-state index contributed by atoms with van der Waals surface area (Å²) < 4.78 is 11.7. The number of imide groups is 1. The Hall–Kier alpha value is -2.22. The summed E-state index contributed by atoms with van der Waals surface area (Å²) in [7, 11) is 1.53. The summed E-state index contributed by atoms with van der Waals surface area (Å²) in [4.78, 5) is 26.7. The summed E-state index contributed by atoms with van der Waals surface area (Å²) in [5.74, 6) is 0.713. The first-order valence-corrected chi connectivity index (χ1v) is 10.5. The molecule has 0 atom stereocenters. The van der Waals surface area contributed by atoms with Gasteiger partial charge in [-0.3, -0.25) is 14.5 Å². The van der Waals surface area contributed by atoms with Gasteiger partial charge in [-0.05, 0) is 69.2 Å². The first-order valence-electron chi connectivity index (χ1n) is 8.54. The third-order valence-electron chi connectivity index (χ3n) is 4.02. The second-order valence-corrected chi connectivity index (χ2v) is 8.31. The van der Waals surface area contributed by atoms with Crippen LogP contribution in [-0.4, -0.2) is 29.8 Å². The van der Waals surface area contributed by atoms with E-state index in [4.69, 9.17) is 21.1 Å². The van der Waals surface area contributed by atoms with E-state index in [1.54, 1.807) is 48.6 Å². The largest absolute Gasteiger partial charge is 0.493 e. The number of carbonyl (C=O) groups excluding carboxylic acids is 2. The van der Waals surface area contributed by atoms with Crippen molar-refractivity contribution in [1.29, 1.82) is 0 Å². The number of thioether (sulfide) groups is 1. The summed E-state index contributed by atoms with van der Waals surface area (Å²) in [5, 5.41) is 0.288. The molecule has 2 amide bonds. The first kappa shape index (κ1) is 21.5. The molecule has 0 spiro atoms. The Bertz CT molecular complexity index is 991. The van der Waals surface area contributed by atoms with E-state index in [-0.39, 0.29) is 17.7 Å². The lowest BCUT2D eigenvalue weighted by molar-refractivity contribution is -0.123. The highest BCUT2D eigenvalue weighted by atomic mass is 79.9. The maximum Gasteiger partial charge on any atom is 0.293 e. The van der Waals surface area contributed by atoms with Gasteiger partial charge < -0.3 is 9.47 Å². The van der Waals surface area contributed by atoms with E-state index in [1.165, 1.54) is 12.0 Å². The molecule has 5 nitrogen and oxygen atoms in total. The predicted octanol–water partition coefficient (Wildman–Crippen LogP) is 5.91. The molecular formula is C21H17BrClNO4S. The average Bonchev–Trinajstić information content (AvgIpc) is 2.95. The highest BCUT2D eigenvalue weighted by Gasteiger charge is 2.35. The molecule has 0 radical (unpaired) electrons. The third-order valence-corrected chi connectivity index (χ3v) is 5.77. The fourth-order valence-electron chi connectivity index (χ4n) is 2.67. The minimum absolute atomic E-state index is 0.195. The second-order valence-electron chi connectivity index (χ2n) is 6.03. The maximum atomic E-state index is 12.8. The standard InChI is InChI=1S/C21H17BrClNO4S/c1-3-8-28-19-16(22)9-14(10-17(19)27-2)11-18-20(25)24(21(26)29-18)12-13-4-6-15(23)7-5-13/h3-7,9-11H,1,8,12H2,2H3. The van der Waals surface area contributed by atoms with Gasteiger partial charge in [0.15, 0.2) is 11.5 Å². The SMILES string of the molecule is C=CCOc1c(Br)cc(C=C2SC(=O)N(Cc3ccc(Cl)cc3)C2=O)cc1OC. The molecule has 1 aliphatic heterocycles. The molecule has 0 bridgehead atoms. The Kier molecular flexibility index (Phi) is 7.05. The zero-order chi connectivity index (χ0) is 21.0. The van der Waals surface area contributed by atoms with Crippen LogP contribution in [0.5, 0.6) is 11.5 Å². The van der Waals surface area contributed by atoms with E-state index in [2.05, 4.69) is 22.5 Å². The Morgan fingerprint density at radius 1 is 1.24 bits per heavy atom. The quantitative estimate of drug-likeness (QED) is 0.354. The number of nitrogens with zero attached hydrogens (tertiary/aromatic N) is 1. The van der Waals surface area contributed by atoms with Crippen molar-refractivity contribution in [1.82, 2.24) is 4.90 Å². The van der Waals surface area contributed by atoms with Crippen LogP contribution < -0.4 is 9.47 Å². The number of hydrogen-bond acceptors (Lipinski definition) is 5. The number of ether oxygens (including phenoxy) is 2. The van der Waals surface area contributed by atoms with Crippen LogP contribution >= 0.6 is 39.3 Å². The van der Waals surface area contributed by atoms with Crippen LogP contribution in [0.15, 0.2) is 58.4 Å². The van der Waals surface area contributed by atoms with Crippen LogP contribution in [0.25, 0.3) is 6.08 Å². The lowest BCUT2D eigenvalue weighted by Gasteiger charge is -2.13. The van der Waals surface area contributed by atoms with Crippen molar-refractivity contribution in [2.45, 2.75) is 6.54 Å². The first-order chi connectivity index (χ1) is 13.9. The van der Waals surface area contributed by atoms with Gasteiger partial charge in [-0.2, -0.15) is 0 Å². The molecule has 1 heterocycles. The van der Waals surface area contributed by atoms with Gasteiger partial charge >= 0.3 is 0 Å². The van der Waals surface area contributed by atoms with E-state index in [0.717, 1.165) is 17.3 Å². The van der Waals surface area contributed by atoms with Crippen LogP contribution in [0.2, 0.25) is 5.02 Å². The number of benzene rings is 2. The van der Waals surface area contributed by atoms with E-state index in [9.17, 15) is 9.59 Å². The summed E-state index contributed by atoms with van der Waals surface area (Å²) in [6.07, 6.45) is 3.30. The lowest BCUT2D eigenvalue weighted by atomic mass is 10.1. The van der Waals surface area contributed by atoms with E-state index in [1.807, 2.05) is 0 Å². The molecule has 0 aliphatic carbocycles. The van der Waals surface area contributed by atoms with Crippen LogP contribution in [0.1, 0.15) is 11.1 Å². The van der Waals surface area contributed by atoms with Crippen molar-refractivity contribution in [3.63, 3.8) is 0 Å². The van der Waals surface area contributed by atoms with E-state index >= 15 is 0 Å². The molecule has 0 aromatic heterocycles. The minimum atomic E-state index is -0.336. The third kappa shape index (κ3) is 5.04. The van der Waals surface area contributed by atoms with Gasteiger partial charge in [-0.25, -0.2) is 0 Å². The van der Waals surface area contributed by atoms with Gasteiger partial charge in [-0.15, -0.1) is 0 Å². The molecule has 29 heavy (non-hydrogen) atoms. The Balaban J connectivity index is 1.84. The van der Waals surface area contributed by atoms with Crippen LogP contribution in [0, 0.1) is 0 Å². The van der Waals surface area contributed by atoms with Crippen molar-refractivity contribution < 1.29 is 19.1 Å². The van der Waals surface area contributed by atoms with Crippen LogP contribution in [0.3, 0.4) is 0 Å². The van der Waals surface area contributed by atoms with Crippen molar-refractivity contribution in [2.24, 2.45) is 0 Å². The summed E-state index contributed by atoms with van der Waals surface area (Å²) in [6, 6.07) is 10.6. The van der Waals surface area contributed by atoms with Gasteiger partial charge in [0.2, 0.25) is 0 Å². The molecule has 150 valence electrons. The Morgan fingerprint density at radius 3 is 2.62 bits per heavy atom. The van der Waals surface area contributed by atoms with Crippen molar-refractivity contribution in [3.05, 3.63) is 74.6 Å². The number of rotatable bonds is 7. The smallest absolute Gasteiger partial charge is 0.293 e. The highest BCUT2D eigenvalue weighted by Crippen LogP contribution is 2.39.